The van der Waals surface area contributed by atoms with Crippen LogP contribution in [0.25, 0.3) is 32.7 Å². The third-order valence-electron chi connectivity index (χ3n) is 6.20. The molecular weight excluding hydrogens is 459 g/mol. The van der Waals surface area contributed by atoms with Gasteiger partial charge in [-0.2, -0.15) is 0 Å². The minimum atomic E-state index is -4.43. The average Bonchev–Trinajstić information content (AvgIpc) is 3.42. The van der Waals surface area contributed by atoms with E-state index in [-0.39, 0.29) is 11.6 Å². The lowest BCUT2D eigenvalue weighted by molar-refractivity contribution is 0.0999. The van der Waals surface area contributed by atoms with Crippen LogP contribution in [0.1, 0.15) is 26.2 Å². The van der Waals surface area contributed by atoms with Crippen LogP contribution < -0.4 is 10.8 Å². The van der Waals surface area contributed by atoms with Gasteiger partial charge in [0.25, 0.3) is 0 Å². The molecule has 0 radical (unpaired) electrons. The number of anilines is 1. The Bertz CT molecular complexity index is 1340. The molecule has 2 aromatic heterocycles. The van der Waals surface area contributed by atoms with Crippen LogP contribution in [0, 0.1) is 5.92 Å². The highest BCUT2D eigenvalue weighted by Gasteiger charge is 2.27. The summed E-state index contributed by atoms with van der Waals surface area (Å²) in [6.45, 7) is 2.16. The van der Waals surface area contributed by atoms with E-state index in [0.717, 1.165) is 51.3 Å². The summed E-state index contributed by atoms with van der Waals surface area (Å²) in [5.41, 5.74) is 3.32. The van der Waals surface area contributed by atoms with E-state index in [2.05, 4.69) is 12.2 Å². The number of aromatic nitrogens is 1. The van der Waals surface area contributed by atoms with Gasteiger partial charge < -0.3 is 24.6 Å². The SMILES string of the molecule is C[C@H]1C[C@@H](O)CC[C@@H]1Nc1nc2cccc(-c3cccc(-c4ccc(P(=O)(O)O)o4)c3)c2s1. The molecule has 0 aliphatic heterocycles. The van der Waals surface area contributed by atoms with Crippen LogP contribution in [0.5, 0.6) is 0 Å². The zero-order valence-corrected chi connectivity index (χ0v) is 19.7. The first-order chi connectivity index (χ1) is 15.8. The number of hydrogen-bond donors (Lipinski definition) is 4. The van der Waals surface area contributed by atoms with Crippen molar-refractivity contribution in [1.82, 2.24) is 4.98 Å². The van der Waals surface area contributed by atoms with Gasteiger partial charge in [-0.05, 0) is 55.0 Å². The maximum atomic E-state index is 11.5. The number of nitrogens with zero attached hydrogens (tertiary/aromatic N) is 1. The average molecular weight is 485 g/mol. The molecule has 1 fully saturated rings. The molecule has 2 aromatic carbocycles. The molecular formula is C24H25N2O5PS. The van der Waals surface area contributed by atoms with Crippen LogP contribution in [0.2, 0.25) is 0 Å². The monoisotopic (exact) mass is 484 g/mol. The van der Waals surface area contributed by atoms with Crippen molar-refractivity contribution in [2.24, 2.45) is 5.92 Å². The van der Waals surface area contributed by atoms with Crippen molar-refractivity contribution >= 4 is 39.8 Å². The van der Waals surface area contributed by atoms with Gasteiger partial charge in [-0.1, -0.05) is 48.6 Å². The van der Waals surface area contributed by atoms with Crippen LogP contribution in [-0.2, 0) is 4.57 Å². The Labute approximate surface area is 195 Å². The summed E-state index contributed by atoms with van der Waals surface area (Å²) in [5.74, 6) is 0.783. The summed E-state index contributed by atoms with van der Waals surface area (Å²) in [6, 6.07) is 16.9. The lowest BCUT2D eigenvalue weighted by atomic mass is 9.84. The van der Waals surface area contributed by atoms with Crippen molar-refractivity contribution in [2.75, 3.05) is 5.32 Å². The Morgan fingerprint density at radius 2 is 1.88 bits per heavy atom. The fourth-order valence-corrected chi connectivity index (χ4v) is 6.01. The number of thiazole rings is 1. The maximum Gasteiger partial charge on any atom is 0.391 e. The van der Waals surface area contributed by atoms with Crippen molar-refractivity contribution in [2.45, 2.75) is 38.3 Å². The van der Waals surface area contributed by atoms with Gasteiger partial charge in [0, 0.05) is 17.2 Å². The number of furan rings is 1. The van der Waals surface area contributed by atoms with Crippen LogP contribution in [-0.4, -0.2) is 32.0 Å². The summed E-state index contributed by atoms with van der Waals surface area (Å²) < 4.78 is 18.0. The van der Waals surface area contributed by atoms with Crippen LogP contribution in [0.15, 0.2) is 59.0 Å². The predicted octanol–water partition coefficient (Wildman–Crippen LogP) is 4.99. The highest BCUT2D eigenvalue weighted by atomic mass is 32.1. The number of aliphatic hydroxyl groups excluding tert-OH is 1. The molecule has 4 N–H and O–H groups in total. The molecule has 33 heavy (non-hydrogen) atoms. The largest absolute Gasteiger partial charge is 0.448 e. The van der Waals surface area contributed by atoms with E-state index in [4.69, 9.17) is 9.40 Å². The lowest BCUT2D eigenvalue weighted by Crippen LogP contribution is -2.35. The molecule has 0 unspecified atom stereocenters. The van der Waals surface area contributed by atoms with Gasteiger partial charge in [0.1, 0.15) is 5.76 Å². The Kier molecular flexibility index (Phi) is 5.89. The summed E-state index contributed by atoms with van der Waals surface area (Å²) in [5, 5.41) is 14.4. The van der Waals surface area contributed by atoms with E-state index in [1.54, 1.807) is 17.4 Å². The van der Waals surface area contributed by atoms with Crippen molar-refractivity contribution in [3.05, 3.63) is 54.6 Å². The molecule has 2 heterocycles. The summed E-state index contributed by atoms with van der Waals surface area (Å²) >= 11 is 1.61. The number of nitrogens with one attached hydrogen (secondary N) is 1. The highest BCUT2D eigenvalue weighted by Crippen LogP contribution is 2.39. The van der Waals surface area contributed by atoms with Crippen LogP contribution in [0.4, 0.5) is 5.13 Å². The molecule has 1 saturated carbocycles. The Balaban J connectivity index is 1.46. The molecule has 0 bridgehead atoms. The first-order valence-electron chi connectivity index (χ1n) is 10.9. The van der Waals surface area contributed by atoms with Gasteiger partial charge in [-0.25, -0.2) is 4.98 Å². The van der Waals surface area contributed by atoms with E-state index in [1.807, 2.05) is 42.5 Å². The minimum Gasteiger partial charge on any atom is -0.448 e. The summed E-state index contributed by atoms with van der Waals surface area (Å²) in [7, 11) is -4.43. The molecule has 4 aromatic rings. The van der Waals surface area contributed by atoms with Gasteiger partial charge in [-0.3, -0.25) is 4.57 Å². The molecule has 0 amide bonds. The first kappa shape index (κ1) is 22.3. The predicted molar refractivity (Wildman–Crippen MR) is 131 cm³/mol. The van der Waals surface area contributed by atoms with Gasteiger partial charge in [0.15, 0.2) is 5.13 Å². The van der Waals surface area contributed by atoms with Crippen molar-refractivity contribution in [1.29, 1.82) is 0 Å². The third-order valence-corrected chi connectivity index (χ3v) is 8.05. The van der Waals surface area contributed by atoms with E-state index >= 15 is 0 Å². The van der Waals surface area contributed by atoms with Crippen LogP contribution in [0.3, 0.4) is 0 Å². The van der Waals surface area contributed by atoms with Gasteiger partial charge in [-0.15, -0.1) is 0 Å². The van der Waals surface area contributed by atoms with Crippen molar-refractivity contribution in [3.63, 3.8) is 0 Å². The Hall–Kier alpha value is -2.48. The normalized spacial score (nSPS) is 21.4. The minimum absolute atomic E-state index is 0.209. The molecule has 1 aliphatic rings. The molecule has 5 rings (SSSR count). The van der Waals surface area contributed by atoms with E-state index in [1.165, 1.54) is 6.07 Å². The number of benzene rings is 2. The topological polar surface area (TPSA) is 116 Å². The molecule has 0 saturated heterocycles. The highest BCUT2D eigenvalue weighted by molar-refractivity contribution is 7.59. The number of hydrogen-bond acceptors (Lipinski definition) is 6. The van der Waals surface area contributed by atoms with Gasteiger partial charge in [0.05, 0.1) is 16.3 Å². The number of fused-ring (bicyclic) bond motifs is 1. The molecule has 0 spiro atoms. The standard InChI is InChI=1S/C24H25N2O5PS/c1-14-12-17(27)8-9-19(14)25-24-26-20-7-3-6-18(23(20)33-24)15-4-2-5-16(13-15)21-10-11-22(31-21)32(28,29)30/h2-7,10-11,13-14,17,19,27H,8-9,12H2,1H3,(H,25,26)(H2,28,29,30)/t14-,17-,19-/m0/s1. The van der Waals surface area contributed by atoms with Crippen molar-refractivity contribution < 1.29 is 23.9 Å². The van der Waals surface area contributed by atoms with E-state index in [0.29, 0.717) is 17.7 Å². The fourth-order valence-electron chi connectivity index (χ4n) is 4.46. The Morgan fingerprint density at radius 3 is 2.64 bits per heavy atom. The second-order valence-electron chi connectivity index (χ2n) is 8.63. The fraction of sp³-hybridized carbons (Fsp3) is 0.292. The summed E-state index contributed by atoms with van der Waals surface area (Å²) in [4.78, 5) is 23.5. The zero-order chi connectivity index (χ0) is 23.2. The van der Waals surface area contributed by atoms with E-state index < -0.39 is 7.60 Å². The molecule has 172 valence electrons. The third kappa shape index (κ3) is 4.63. The molecule has 3 atom stereocenters. The van der Waals surface area contributed by atoms with Crippen LogP contribution >= 0.6 is 18.9 Å². The van der Waals surface area contributed by atoms with Gasteiger partial charge >= 0.3 is 7.60 Å². The van der Waals surface area contributed by atoms with Gasteiger partial charge in [0.2, 0.25) is 5.50 Å². The lowest BCUT2D eigenvalue weighted by Gasteiger charge is -2.32. The molecule has 9 heteroatoms. The number of rotatable bonds is 5. The summed E-state index contributed by atoms with van der Waals surface area (Å²) in [6.07, 6.45) is 2.32. The van der Waals surface area contributed by atoms with E-state index in [9.17, 15) is 19.5 Å². The van der Waals surface area contributed by atoms with Crippen molar-refractivity contribution in [3.8, 4) is 22.5 Å². The second kappa shape index (κ2) is 8.70. The number of aliphatic hydroxyl groups is 1. The quantitative estimate of drug-likeness (QED) is 0.295. The maximum absolute atomic E-state index is 11.5. The smallest absolute Gasteiger partial charge is 0.391 e. The Morgan fingerprint density at radius 1 is 1.09 bits per heavy atom. The zero-order valence-electron chi connectivity index (χ0n) is 18.0. The molecule has 1 aliphatic carbocycles. The first-order valence-corrected chi connectivity index (χ1v) is 13.3. The second-order valence-corrected chi connectivity index (χ2v) is 11.2. The molecule has 7 nitrogen and oxygen atoms in total.